The molecular weight excluding hydrogens is 1110 g/mol. The van der Waals surface area contributed by atoms with Gasteiger partial charge in [0.15, 0.2) is 0 Å². The number of carbonyl (C=O) groups is 2. The zero-order chi connectivity index (χ0) is 64.2. The summed E-state index contributed by atoms with van der Waals surface area (Å²) in [5.74, 6) is -0.513. The molecule has 0 fully saturated rings. The number of carbonyl (C=O) groups excluding carboxylic acids is 2. The molecule has 522 valence electrons. The van der Waals surface area contributed by atoms with Gasteiger partial charge in [0.2, 0.25) is 5.91 Å². The number of quaternary nitrogens is 1. The van der Waals surface area contributed by atoms with E-state index in [2.05, 4.69) is 38.2 Å². The maximum absolute atomic E-state index is 13.6. The van der Waals surface area contributed by atoms with E-state index in [0.717, 1.165) is 57.8 Å². The van der Waals surface area contributed by atoms with Crippen LogP contribution in [0.1, 0.15) is 412 Å². The zero-order valence-corrected chi connectivity index (χ0v) is 60.9. The Morgan fingerprint density at radius 1 is 0.386 bits per heavy atom. The average molecular weight is 1260 g/mol. The first-order valence-electron chi connectivity index (χ1n) is 39.1. The van der Waals surface area contributed by atoms with E-state index in [9.17, 15) is 19.0 Å². The molecule has 0 saturated carbocycles. The third-order valence-electron chi connectivity index (χ3n) is 18.1. The number of phosphoric acid groups is 1. The van der Waals surface area contributed by atoms with Crippen molar-refractivity contribution in [2.45, 2.75) is 425 Å². The van der Waals surface area contributed by atoms with E-state index < -0.39 is 20.0 Å². The first kappa shape index (κ1) is 86.5. The van der Waals surface area contributed by atoms with Crippen LogP contribution in [0, 0.1) is 0 Å². The Morgan fingerprint density at radius 3 is 0.966 bits per heavy atom. The number of nitrogens with one attached hydrogen (secondary N) is 1. The van der Waals surface area contributed by atoms with Crippen LogP contribution in [-0.4, -0.2) is 69.4 Å². The normalized spacial score (nSPS) is 13.5. The molecule has 0 aromatic rings. The lowest BCUT2D eigenvalue weighted by Gasteiger charge is -2.30. The zero-order valence-electron chi connectivity index (χ0n) is 60.0. The van der Waals surface area contributed by atoms with Crippen LogP contribution >= 0.6 is 7.82 Å². The molecule has 0 aromatic heterocycles. The number of likely N-dealkylation sites (N-methyl/N-ethyl adjacent to an activating group) is 1. The van der Waals surface area contributed by atoms with Crippen LogP contribution < -0.4 is 10.2 Å². The molecule has 88 heavy (non-hydrogen) atoms. The molecule has 0 aliphatic heterocycles. The van der Waals surface area contributed by atoms with Gasteiger partial charge in [-0.15, -0.1) is 0 Å². The minimum atomic E-state index is -4.70. The highest BCUT2D eigenvalue weighted by Crippen LogP contribution is 2.38. The molecule has 3 atom stereocenters. The van der Waals surface area contributed by atoms with Crippen LogP contribution in [0.2, 0.25) is 0 Å². The Morgan fingerprint density at radius 2 is 0.659 bits per heavy atom. The molecule has 0 radical (unpaired) electrons. The molecule has 0 spiro atoms. The van der Waals surface area contributed by atoms with Crippen molar-refractivity contribution < 1.29 is 37.3 Å². The van der Waals surface area contributed by atoms with Crippen molar-refractivity contribution in [3.8, 4) is 0 Å². The maximum Gasteiger partial charge on any atom is 0.306 e. The number of allylic oxidation sites excluding steroid dienone is 3. The summed E-state index contributed by atoms with van der Waals surface area (Å²) in [6.45, 7) is 6.92. The van der Waals surface area contributed by atoms with Gasteiger partial charge in [0.25, 0.3) is 7.82 Å². The second kappa shape index (κ2) is 68.4. The van der Waals surface area contributed by atoms with Crippen molar-refractivity contribution in [1.82, 2.24) is 5.32 Å². The average Bonchev–Trinajstić information content (AvgIpc) is 3.71. The van der Waals surface area contributed by atoms with Gasteiger partial charge in [-0.2, -0.15) is 0 Å². The van der Waals surface area contributed by atoms with Gasteiger partial charge in [0, 0.05) is 12.8 Å². The molecule has 0 aliphatic rings. The van der Waals surface area contributed by atoms with Crippen LogP contribution in [0.15, 0.2) is 24.3 Å². The molecule has 9 nitrogen and oxygen atoms in total. The van der Waals surface area contributed by atoms with Gasteiger partial charge >= 0.3 is 5.97 Å². The quantitative estimate of drug-likeness (QED) is 0.0212. The first-order valence-corrected chi connectivity index (χ1v) is 40.6. The van der Waals surface area contributed by atoms with Gasteiger partial charge in [-0.05, 0) is 57.4 Å². The van der Waals surface area contributed by atoms with E-state index in [1.165, 1.54) is 321 Å². The number of hydrogen-bond donors (Lipinski definition) is 1. The molecular formula is C78H153N2O7P. The SMILES string of the molecule is CCCCCCCC/C=C/CCCCCCCCCCCCCCCCCC(=O)NC(COP(=O)([O-])OCC[N+](C)(C)C)C(/C=C/CCCCCCCCCCCC)OC(=O)CCCCCCCCCCCCCCCCCCCCCCCCCCC. The lowest BCUT2D eigenvalue weighted by Crippen LogP contribution is -2.47. The standard InChI is InChI=1S/C78H153N2O7P/c1-7-10-13-16-19-22-25-28-30-32-34-36-38-40-42-44-46-48-50-52-55-58-61-64-67-70-77(81)79-75(74-86-88(83,84)85-73-72-80(4,5)6)76(69-66-63-60-57-54-27-24-21-18-15-12-9-3)87-78(82)71-68-65-62-59-56-53-51-49-47-45-43-41-39-37-35-33-31-29-26-23-20-17-14-11-8-2/h28,30,66,69,75-76H,7-27,29,31-65,67-68,70-74H2,1-6H3,(H-,79,81,83,84)/b30-28+,69-66+. The van der Waals surface area contributed by atoms with Gasteiger partial charge in [0.05, 0.1) is 33.8 Å². The number of rotatable bonds is 73. The number of phosphoric ester groups is 1. The Labute approximate surface area is 549 Å². The fourth-order valence-corrected chi connectivity index (χ4v) is 12.8. The summed E-state index contributed by atoms with van der Waals surface area (Å²) in [7, 11) is 1.21. The highest BCUT2D eigenvalue weighted by molar-refractivity contribution is 7.45. The van der Waals surface area contributed by atoms with Gasteiger partial charge in [-0.25, -0.2) is 0 Å². The molecule has 0 bridgehead atoms. The Hall–Kier alpha value is -1.51. The van der Waals surface area contributed by atoms with Crippen LogP contribution in [0.25, 0.3) is 0 Å². The predicted octanol–water partition coefficient (Wildman–Crippen LogP) is 24.6. The molecule has 10 heteroatoms. The van der Waals surface area contributed by atoms with Crippen molar-refractivity contribution in [1.29, 1.82) is 0 Å². The summed E-state index contributed by atoms with van der Waals surface area (Å²) in [4.78, 5) is 40.3. The Balaban J connectivity index is 4.91. The third kappa shape index (κ3) is 68.8. The third-order valence-corrected chi connectivity index (χ3v) is 19.1. The molecule has 1 amide bonds. The number of esters is 1. The first-order chi connectivity index (χ1) is 42.9. The van der Waals surface area contributed by atoms with Crippen LogP contribution in [0.5, 0.6) is 0 Å². The number of hydrogen-bond acceptors (Lipinski definition) is 7. The van der Waals surface area contributed by atoms with Crippen LogP contribution in [0.3, 0.4) is 0 Å². The Kier molecular flexibility index (Phi) is 67.2. The fraction of sp³-hybridized carbons (Fsp3) is 0.923. The largest absolute Gasteiger partial charge is 0.756 e. The molecule has 3 unspecified atom stereocenters. The molecule has 1 N–H and O–H groups in total. The van der Waals surface area contributed by atoms with E-state index in [1.807, 2.05) is 33.3 Å². The summed E-state index contributed by atoms with van der Waals surface area (Å²) >= 11 is 0. The highest BCUT2D eigenvalue weighted by atomic mass is 31.2. The summed E-state index contributed by atoms with van der Waals surface area (Å²) in [6, 6.07) is -0.884. The van der Waals surface area contributed by atoms with E-state index in [-0.39, 0.29) is 31.5 Å². The van der Waals surface area contributed by atoms with Gasteiger partial charge in [-0.3, -0.25) is 14.2 Å². The second-order valence-electron chi connectivity index (χ2n) is 28.2. The van der Waals surface area contributed by atoms with Crippen molar-refractivity contribution in [3.05, 3.63) is 24.3 Å². The van der Waals surface area contributed by atoms with E-state index in [1.54, 1.807) is 0 Å². The summed E-state index contributed by atoms with van der Waals surface area (Å²) in [5, 5.41) is 3.06. The second-order valence-corrected chi connectivity index (χ2v) is 29.6. The minimum absolute atomic E-state index is 0.0176. The molecule has 0 aliphatic carbocycles. The molecule has 0 rings (SSSR count). The number of ether oxygens (including phenoxy) is 1. The van der Waals surface area contributed by atoms with Crippen molar-refractivity contribution in [2.24, 2.45) is 0 Å². The number of unbranched alkanes of at least 4 members (excludes halogenated alkanes) is 55. The summed E-state index contributed by atoms with van der Waals surface area (Å²) < 4.78 is 30.5. The molecule has 0 heterocycles. The lowest BCUT2D eigenvalue weighted by atomic mass is 10.0. The fourth-order valence-electron chi connectivity index (χ4n) is 12.1. The van der Waals surface area contributed by atoms with Crippen molar-refractivity contribution >= 4 is 19.7 Å². The van der Waals surface area contributed by atoms with Gasteiger partial charge in [-0.1, -0.05) is 366 Å². The number of amides is 1. The smallest absolute Gasteiger partial charge is 0.306 e. The molecule has 0 saturated heterocycles. The summed E-state index contributed by atoms with van der Waals surface area (Å²) in [5.41, 5.74) is 0. The van der Waals surface area contributed by atoms with Crippen LogP contribution in [-0.2, 0) is 27.9 Å². The molecule has 0 aromatic carbocycles. The Bertz CT molecular complexity index is 1550. The van der Waals surface area contributed by atoms with Gasteiger partial charge < -0.3 is 28.5 Å². The minimum Gasteiger partial charge on any atom is -0.756 e. The summed E-state index contributed by atoms with van der Waals surface area (Å²) in [6.07, 6.45) is 84.7. The van der Waals surface area contributed by atoms with Gasteiger partial charge in [0.1, 0.15) is 19.3 Å². The number of nitrogens with zero attached hydrogens (tertiary/aromatic N) is 1. The topological polar surface area (TPSA) is 114 Å². The lowest BCUT2D eigenvalue weighted by molar-refractivity contribution is -0.870. The van der Waals surface area contributed by atoms with Crippen LogP contribution in [0.4, 0.5) is 0 Å². The van der Waals surface area contributed by atoms with E-state index in [0.29, 0.717) is 17.4 Å². The van der Waals surface area contributed by atoms with Crippen molar-refractivity contribution in [3.63, 3.8) is 0 Å². The predicted molar refractivity (Wildman–Crippen MR) is 381 cm³/mol. The van der Waals surface area contributed by atoms with E-state index in [4.69, 9.17) is 13.8 Å². The van der Waals surface area contributed by atoms with Crippen molar-refractivity contribution in [2.75, 3.05) is 40.9 Å². The maximum atomic E-state index is 13.6. The van der Waals surface area contributed by atoms with E-state index >= 15 is 0 Å². The highest BCUT2D eigenvalue weighted by Gasteiger charge is 2.27. The monoisotopic (exact) mass is 1260 g/mol.